The molecule has 0 aliphatic carbocycles. The number of benzene rings is 1. The average Bonchev–Trinajstić information content (AvgIpc) is 3.00. The molecule has 0 N–H and O–H groups in total. The normalized spacial score (nSPS) is 10.3. The molecule has 5 nitrogen and oxygen atoms in total. The van der Waals surface area contributed by atoms with Crippen LogP contribution in [0.15, 0.2) is 47.1 Å². The molecule has 0 atom stereocenters. The summed E-state index contributed by atoms with van der Waals surface area (Å²) in [5, 5.41) is 8.70. The molecule has 1 heterocycles. The highest BCUT2D eigenvalue weighted by Crippen LogP contribution is 2.14. The number of nitrogens with zero attached hydrogens (tertiary/aromatic N) is 1. The Morgan fingerprint density at radius 1 is 1.24 bits per heavy atom. The Morgan fingerprint density at radius 3 is 2.57 bits per heavy atom. The first-order valence-electron chi connectivity index (χ1n) is 6.04. The summed E-state index contributed by atoms with van der Waals surface area (Å²) < 4.78 is 9.58. The monoisotopic (exact) mass is 281 g/mol. The molecule has 2 rings (SSSR count). The summed E-state index contributed by atoms with van der Waals surface area (Å²) in [6.07, 6.45) is 4.16. The van der Waals surface area contributed by atoms with Crippen LogP contribution in [0.3, 0.4) is 0 Å². The Kier molecular flexibility index (Phi) is 4.32. The van der Waals surface area contributed by atoms with E-state index in [0.717, 1.165) is 0 Å². The lowest BCUT2D eigenvalue weighted by molar-refractivity contribution is 0.0564. The van der Waals surface area contributed by atoms with Crippen LogP contribution in [0.4, 0.5) is 0 Å². The Morgan fingerprint density at radius 2 is 1.95 bits per heavy atom. The van der Waals surface area contributed by atoms with Crippen molar-refractivity contribution in [2.45, 2.75) is 0 Å². The summed E-state index contributed by atoms with van der Waals surface area (Å²) in [5.74, 6) is -0.802. The molecule has 0 fully saturated rings. The zero-order chi connectivity index (χ0) is 15.2. The molecule has 0 saturated carbocycles. The number of carbonyl (C=O) groups excluding carboxylic acids is 2. The Bertz CT molecular complexity index is 732. The fraction of sp³-hybridized carbons (Fsp3) is 0.0625. The van der Waals surface area contributed by atoms with Crippen LogP contribution in [0, 0.1) is 11.3 Å². The van der Waals surface area contributed by atoms with Crippen molar-refractivity contribution in [2.24, 2.45) is 0 Å². The number of carbonyl (C=O) groups is 2. The minimum absolute atomic E-state index is 0.0429. The smallest absolute Gasteiger partial charge is 0.374 e. The second kappa shape index (κ2) is 6.35. The molecule has 0 spiro atoms. The van der Waals surface area contributed by atoms with Crippen molar-refractivity contribution in [3.05, 3.63) is 65.1 Å². The van der Waals surface area contributed by atoms with Crippen LogP contribution in [0.1, 0.15) is 32.0 Å². The first kappa shape index (κ1) is 14.3. The highest BCUT2D eigenvalue weighted by Gasteiger charge is 2.14. The van der Waals surface area contributed by atoms with E-state index >= 15 is 0 Å². The maximum atomic E-state index is 12.0. The van der Waals surface area contributed by atoms with Gasteiger partial charge in [-0.3, -0.25) is 4.79 Å². The van der Waals surface area contributed by atoms with E-state index in [1.165, 1.54) is 25.5 Å². The maximum Gasteiger partial charge on any atom is 0.374 e. The summed E-state index contributed by atoms with van der Waals surface area (Å²) in [5.41, 5.74) is 1.40. The topological polar surface area (TPSA) is 80.3 Å². The number of esters is 1. The molecule has 0 unspecified atom stereocenters. The zero-order valence-corrected chi connectivity index (χ0v) is 11.2. The van der Waals surface area contributed by atoms with Crippen molar-refractivity contribution in [3.63, 3.8) is 0 Å². The third-order valence-electron chi connectivity index (χ3n) is 2.78. The molecule has 1 aromatic heterocycles. The fourth-order valence-corrected chi connectivity index (χ4v) is 1.68. The van der Waals surface area contributed by atoms with Crippen LogP contribution in [0.2, 0.25) is 0 Å². The van der Waals surface area contributed by atoms with Crippen molar-refractivity contribution in [1.82, 2.24) is 0 Å². The molecule has 0 amide bonds. The van der Waals surface area contributed by atoms with Gasteiger partial charge >= 0.3 is 5.97 Å². The molecule has 0 aliphatic rings. The van der Waals surface area contributed by atoms with Gasteiger partial charge in [0.2, 0.25) is 5.76 Å². The number of ether oxygens (including phenoxy) is 1. The lowest BCUT2D eigenvalue weighted by Crippen LogP contribution is -2.01. The van der Waals surface area contributed by atoms with E-state index in [1.807, 2.05) is 6.07 Å². The van der Waals surface area contributed by atoms with E-state index in [2.05, 4.69) is 4.74 Å². The third-order valence-corrected chi connectivity index (χ3v) is 2.78. The first-order valence-corrected chi connectivity index (χ1v) is 6.04. The summed E-state index contributed by atoms with van der Waals surface area (Å²) in [6.45, 7) is 0. The molecular formula is C16H11NO4. The number of hydrogen-bond acceptors (Lipinski definition) is 5. The molecule has 0 saturated heterocycles. The van der Waals surface area contributed by atoms with E-state index in [9.17, 15) is 9.59 Å². The van der Waals surface area contributed by atoms with Gasteiger partial charge in [-0.2, -0.15) is 5.26 Å². The van der Waals surface area contributed by atoms with E-state index in [0.29, 0.717) is 16.7 Å². The van der Waals surface area contributed by atoms with Crippen LogP contribution in [0.25, 0.3) is 6.08 Å². The number of hydrogen-bond donors (Lipinski definition) is 0. The van der Waals surface area contributed by atoms with Gasteiger partial charge in [0.05, 0.1) is 25.0 Å². The van der Waals surface area contributed by atoms with E-state index in [-0.39, 0.29) is 11.5 Å². The van der Waals surface area contributed by atoms with Crippen LogP contribution >= 0.6 is 0 Å². The van der Waals surface area contributed by atoms with Crippen molar-refractivity contribution < 1.29 is 18.7 Å². The van der Waals surface area contributed by atoms with Crippen molar-refractivity contribution >= 4 is 17.8 Å². The largest absolute Gasteiger partial charge is 0.463 e. The predicted molar refractivity (Wildman–Crippen MR) is 74.6 cm³/mol. The number of furan rings is 1. The lowest BCUT2D eigenvalue weighted by Gasteiger charge is -1.97. The molecule has 0 radical (unpaired) electrons. The van der Waals surface area contributed by atoms with Crippen LogP contribution < -0.4 is 0 Å². The Hall–Kier alpha value is -3.13. The summed E-state index contributed by atoms with van der Waals surface area (Å²) >= 11 is 0. The molecular weight excluding hydrogens is 270 g/mol. The van der Waals surface area contributed by atoms with Gasteiger partial charge in [0.25, 0.3) is 0 Å². The number of rotatable bonds is 4. The molecule has 0 bridgehead atoms. The van der Waals surface area contributed by atoms with Gasteiger partial charge in [-0.05, 0) is 42.5 Å². The van der Waals surface area contributed by atoms with Gasteiger partial charge in [0, 0.05) is 11.1 Å². The zero-order valence-electron chi connectivity index (χ0n) is 11.2. The molecule has 0 aliphatic heterocycles. The predicted octanol–water partition coefficient (Wildman–Crippen LogP) is 2.83. The van der Waals surface area contributed by atoms with E-state index < -0.39 is 5.97 Å². The molecule has 5 heteroatoms. The summed E-state index contributed by atoms with van der Waals surface area (Å²) in [4.78, 5) is 23.4. The van der Waals surface area contributed by atoms with Gasteiger partial charge in [-0.15, -0.1) is 0 Å². The van der Waals surface area contributed by atoms with Gasteiger partial charge in [-0.25, -0.2) is 4.79 Å². The second-order valence-corrected chi connectivity index (χ2v) is 4.08. The van der Waals surface area contributed by atoms with Gasteiger partial charge in [0.15, 0.2) is 5.78 Å². The molecule has 1 aromatic carbocycles. The summed E-state index contributed by atoms with van der Waals surface area (Å²) in [7, 11) is 1.25. The van der Waals surface area contributed by atoms with Crippen molar-refractivity contribution in [1.29, 1.82) is 5.26 Å². The Labute approximate surface area is 121 Å². The fourth-order valence-electron chi connectivity index (χ4n) is 1.68. The van der Waals surface area contributed by atoms with Crippen LogP contribution in [-0.4, -0.2) is 18.9 Å². The number of methoxy groups -OCH3 is 1. The Balaban J connectivity index is 2.17. The van der Waals surface area contributed by atoms with Crippen LogP contribution in [-0.2, 0) is 4.74 Å². The maximum absolute atomic E-state index is 12.0. The van der Waals surface area contributed by atoms with Crippen LogP contribution in [0.5, 0.6) is 0 Å². The van der Waals surface area contributed by atoms with Gasteiger partial charge in [0.1, 0.15) is 0 Å². The highest BCUT2D eigenvalue weighted by atomic mass is 16.5. The van der Waals surface area contributed by atoms with Crippen molar-refractivity contribution in [2.75, 3.05) is 7.11 Å². The number of ketones is 1. The van der Waals surface area contributed by atoms with Gasteiger partial charge < -0.3 is 9.15 Å². The highest BCUT2D eigenvalue weighted by molar-refractivity contribution is 6.07. The second-order valence-electron chi connectivity index (χ2n) is 4.08. The lowest BCUT2D eigenvalue weighted by atomic mass is 10.1. The molecule has 104 valence electrons. The quantitative estimate of drug-likeness (QED) is 0.489. The summed E-state index contributed by atoms with van der Waals surface area (Å²) in [6, 6.07) is 9.82. The SMILES string of the molecule is COC(=O)c1occc1C=CC(=O)c1ccc(C#N)cc1. The van der Waals surface area contributed by atoms with E-state index in [1.54, 1.807) is 30.3 Å². The molecule has 21 heavy (non-hydrogen) atoms. The minimum atomic E-state index is -0.606. The standard InChI is InChI=1S/C16H11NO4/c1-20-16(19)15-13(8-9-21-15)6-7-14(18)12-4-2-11(10-17)3-5-12/h2-9H,1H3. The molecule has 2 aromatic rings. The van der Waals surface area contributed by atoms with E-state index in [4.69, 9.17) is 9.68 Å². The first-order chi connectivity index (χ1) is 10.2. The number of allylic oxidation sites excluding steroid dienone is 1. The van der Waals surface area contributed by atoms with Gasteiger partial charge in [-0.1, -0.05) is 0 Å². The van der Waals surface area contributed by atoms with Crippen molar-refractivity contribution in [3.8, 4) is 6.07 Å². The number of nitriles is 1. The minimum Gasteiger partial charge on any atom is -0.463 e. The third kappa shape index (κ3) is 3.25. The average molecular weight is 281 g/mol.